The molecule has 8 nitrogen and oxygen atoms in total. The number of aryl methyl sites for hydroxylation is 1. The highest BCUT2D eigenvalue weighted by Crippen LogP contribution is 2.25. The third kappa shape index (κ3) is 2.71. The van der Waals surface area contributed by atoms with Crippen LogP contribution in [0.25, 0.3) is 11.2 Å². The minimum Gasteiger partial charge on any atom is -0.352 e. The van der Waals surface area contributed by atoms with E-state index in [9.17, 15) is 4.79 Å². The van der Waals surface area contributed by atoms with Crippen LogP contribution >= 0.6 is 0 Å². The second-order valence-corrected chi connectivity index (χ2v) is 6.01. The molecule has 1 saturated heterocycles. The van der Waals surface area contributed by atoms with Crippen molar-refractivity contribution in [2.24, 2.45) is 7.05 Å². The Kier molecular flexibility index (Phi) is 4.44. The van der Waals surface area contributed by atoms with Crippen LogP contribution in [0.3, 0.4) is 0 Å². The summed E-state index contributed by atoms with van der Waals surface area (Å²) in [5, 5.41) is 3.34. The van der Waals surface area contributed by atoms with Crippen molar-refractivity contribution in [3.8, 4) is 11.8 Å². The van der Waals surface area contributed by atoms with E-state index < -0.39 is 0 Å². The summed E-state index contributed by atoms with van der Waals surface area (Å²) in [5.74, 6) is 7.24. The number of nitrogens with one attached hydrogen (secondary N) is 1. The molecule has 3 rings (SSSR count). The molecule has 1 fully saturated rings. The lowest BCUT2D eigenvalue weighted by Crippen LogP contribution is -2.44. The first-order valence-corrected chi connectivity index (χ1v) is 8.04. The van der Waals surface area contributed by atoms with Gasteiger partial charge in [0.15, 0.2) is 11.5 Å². The molecule has 2 aromatic heterocycles. The van der Waals surface area contributed by atoms with Gasteiger partial charge in [-0.25, -0.2) is 4.79 Å². The number of rotatable bonds is 3. The molecular formula is C16H23N7O. The predicted octanol–water partition coefficient (Wildman–Crippen LogP) is -0.371. The van der Waals surface area contributed by atoms with E-state index in [0.717, 1.165) is 37.5 Å². The molecule has 128 valence electrons. The first kappa shape index (κ1) is 16.3. The Hall–Kier alpha value is -2.53. The summed E-state index contributed by atoms with van der Waals surface area (Å²) < 4.78 is 3.25. The molecule has 0 bridgehead atoms. The van der Waals surface area contributed by atoms with Gasteiger partial charge in [0.25, 0.3) is 0 Å². The Labute approximate surface area is 141 Å². The van der Waals surface area contributed by atoms with Crippen LogP contribution < -0.4 is 20.8 Å². The van der Waals surface area contributed by atoms with Crippen LogP contribution in [-0.2, 0) is 13.6 Å². The zero-order valence-corrected chi connectivity index (χ0v) is 14.6. The SMILES string of the molecule is CC#CCn1c(=O)n(C)c2nc(N(C)C)nc(N3CCNCC3)c21. The number of piperazine rings is 1. The summed E-state index contributed by atoms with van der Waals surface area (Å²) in [4.78, 5) is 26.1. The number of fused-ring (bicyclic) bond motifs is 1. The lowest BCUT2D eigenvalue weighted by molar-refractivity contribution is 0.585. The van der Waals surface area contributed by atoms with Gasteiger partial charge < -0.3 is 15.1 Å². The molecule has 2 aromatic rings. The molecular weight excluding hydrogens is 306 g/mol. The van der Waals surface area contributed by atoms with Crippen LogP contribution in [0, 0.1) is 11.8 Å². The summed E-state index contributed by atoms with van der Waals surface area (Å²) in [7, 11) is 5.55. The molecule has 1 N–H and O–H groups in total. The fraction of sp³-hybridized carbons (Fsp3) is 0.562. The molecule has 1 aliphatic heterocycles. The third-order valence-corrected chi connectivity index (χ3v) is 4.17. The zero-order chi connectivity index (χ0) is 17.3. The Balaban J connectivity index is 2.29. The average molecular weight is 329 g/mol. The van der Waals surface area contributed by atoms with Crippen LogP contribution in [-0.4, -0.2) is 59.4 Å². The summed E-state index contributed by atoms with van der Waals surface area (Å²) in [6, 6.07) is 0. The molecule has 24 heavy (non-hydrogen) atoms. The van der Waals surface area contributed by atoms with Crippen LogP contribution in [0.1, 0.15) is 6.92 Å². The number of imidazole rings is 1. The van der Waals surface area contributed by atoms with Crippen molar-refractivity contribution in [3.63, 3.8) is 0 Å². The minimum absolute atomic E-state index is 0.116. The molecule has 0 unspecified atom stereocenters. The Morgan fingerprint density at radius 1 is 1.25 bits per heavy atom. The smallest absolute Gasteiger partial charge is 0.331 e. The molecule has 0 saturated carbocycles. The van der Waals surface area contributed by atoms with Gasteiger partial charge in [-0.1, -0.05) is 5.92 Å². The van der Waals surface area contributed by atoms with Crippen LogP contribution in [0.15, 0.2) is 4.79 Å². The number of hydrogen-bond donors (Lipinski definition) is 1. The zero-order valence-electron chi connectivity index (χ0n) is 14.6. The van der Waals surface area contributed by atoms with Gasteiger partial charge in [-0.3, -0.25) is 9.13 Å². The number of hydrogen-bond acceptors (Lipinski definition) is 6. The molecule has 0 aliphatic carbocycles. The maximum Gasteiger partial charge on any atom is 0.331 e. The van der Waals surface area contributed by atoms with Gasteiger partial charge in [0.2, 0.25) is 5.95 Å². The van der Waals surface area contributed by atoms with Gasteiger partial charge in [-0.2, -0.15) is 9.97 Å². The van der Waals surface area contributed by atoms with E-state index >= 15 is 0 Å². The quantitative estimate of drug-likeness (QED) is 0.775. The van der Waals surface area contributed by atoms with Crippen molar-refractivity contribution in [1.29, 1.82) is 0 Å². The molecule has 1 aliphatic rings. The second-order valence-electron chi connectivity index (χ2n) is 6.01. The van der Waals surface area contributed by atoms with Crippen LogP contribution in [0.4, 0.5) is 11.8 Å². The normalized spacial score (nSPS) is 14.6. The first-order chi connectivity index (χ1) is 11.5. The summed E-state index contributed by atoms with van der Waals surface area (Å²) in [5.41, 5.74) is 1.29. The number of nitrogens with zero attached hydrogens (tertiary/aromatic N) is 6. The van der Waals surface area contributed by atoms with E-state index in [-0.39, 0.29) is 5.69 Å². The van der Waals surface area contributed by atoms with E-state index in [0.29, 0.717) is 18.1 Å². The fourth-order valence-electron chi connectivity index (χ4n) is 2.86. The summed E-state index contributed by atoms with van der Waals surface area (Å²) in [6.07, 6.45) is 0. The van der Waals surface area contributed by atoms with E-state index in [1.165, 1.54) is 0 Å². The van der Waals surface area contributed by atoms with Gasteiger partial charge >= 0.3 is 5.69 Å². The van der Waals surface area contributed by atoms with Crippen molar-refractivity contribution in [1.82, 2.24) is 24.4 Å². The molecule has 0 aromatic carbocycles. The topological polar surface area (TPSA) is 71.2 Å². The first-order valence-electron chi connectivity index (χ1n) is 8.04. The minimum atomic E-state index is -0.116. The van der Waals surface area contributed by atoms with Gasteiger partial charge in [0.05, 0.1) is 6.54 Å². The van der Waals surface area contributed by atoms with Crippen molar-refractivity contribution in [2.75, 3.05) is 50.1 Å². The largest absolute Gasteiger partial charge is 0.352 e. The monoisotopic (exact) mass is 329 g/mol. The number of aromatic nitrogens is 4. The number of anilines is 2. The molecule has 3 heterocycles. The Morgan fingerprint density at radius 2 is 1.96 bits per heavy atom. The molecule has 8 heteroatoms. The molecule has 0 atom stereocenters. The molecule has 0 spiro atoms. The summed E-state index contributed by atoms with van der Waals surface area (Å²) >= 11 is 0. The predicted molar refractivity (Wildman–Crippen MR) is 95.6 cm³/mol. The third-order valence-electron chi connectivity index (χ3n) is 4.17. The highest BCUT2D eigenvalue weighted by atomic mass is 16.1. The maximum absolute atomic E-state index is 12.7. The van der Waals surface area contributed by atoms with E-state index in [4.69, 9.17) is 4.98 Å². The molecule has 0 radical (unpaired) electrons. The van der Waals surface area contributed by atoms with Crippen LogP contribution in [0.5, 0.6) is 0 Å². The Bertz CT molecular complexity index is 862. The summed E-state index contributed by atoms with van der Waals surface area (Å²) in [6.45, 7) is 5.61. The van der Waals surface area contributed by atoms with E-state index in [1.807, 2.05) is 19.0 Å². The van der Waals surface area contributed by atoms with Crippen molar-refractivity contribution in [3.05, 3.63) is 10.5 Å². The van der Waals surface area contributed by atoms with Gasteiger partial charge in [0.1, 0.15) is 5.52 Å². The van der Waals surface area contributed by atoms with Gasteiger partial charge in [-0.05, 0) is 6.92 Å². The van der Waals surface area contributed by atoms with Gasteiger partial charge in [0, 0.05) is 47.3 Å². The van der Waals surface area contributed by atoms with Crippen LogP contribution in [0.2, 0.25) is 0 Å². The van der Waals surface area contributed by atoms with Crippen molar-refractivity contribution >= 4 is 22.9 Å². The standard InChI is InChI=1S/C16H23N7O/c1-5-6-9-23-12-13(21(4)16(23)24)18-15(20(2)3)19-14(12)22-10-7-17-8-11-22/h17H,7-11H2,1-4H3. The lowest BCUT2D eigenvalue weighted by Gasteiger charge is -2.29. The molecule has 0 amide bonds. The van der Waals surface area contributed by atoms with Crippen molar-refractivity contribution < 1.29 is 0 Å². The highest BCUT2D eigenvalue weighted by Gasteiger charge is 2.23. The fourth-order valence-corrected chi connectivity index (χ4v) is 2.86. The maximum atomic E-state index is 12.7. The second kappa shape index (κ2) is 6.53. The van der Waals surface area contributed by atoms with Crippen molar-refractivity contribution in [2.45, 2.75) is 13.5 Å². The van der Waals surface area contributed by atoms with E-state index in [2.05, 4.69) is 27.0 Å². The Morgan fingerprint density at radius 3 is 2.58 bits per heavy atom. The lowest BCUT2D eigenvalue weighted by atomic mass is 10.3. The average Bonchev–Trinajstić information content (AvgIpc) is 2.84. The van der Waals surface area contributed by atoms with E-state index in [1.54, 1.807) is 23.1 Å². The van der Waals surface area contributed by atoms with Gasteiger partial charge in [-0.15, -0.1) is 5.92 Å². The highest BCUT2D eigenvalue weighted by molar-refractivity contribution is 5.86.